The maximum absolute atomic E-state index is 11.3. The molecule has 192 valence electrons. The minimum Gasteiger partial charge on any atom is -0.508 e. The van der Waals surface area contributed by atoms with Crippen molar-refractivity contribution >= 4 is 5.97 Å². The van der Waals surface area contributed by atoms with Crippen LogP contribution in [-0.2, 0) is 28.8 Å². The van der Waals surface area contributed by atoms with Crippen LogP contribution in [-0.4, -0.2) is 67.3 Å². The van der Waals surface area contributed by atoms with Crippen molar-refractivity contribution in [3.05, 3.63) is 53.1 Å². The minimum atomic E-state index is -1.83. The number of rotatable bonds is 9. The number of carbonyl (C=O) groups is 1. The van der Waals surface area contributed by atoms with Crippen LogP contribution in [0.2, 0.25) is 0 Å². The van der Waals surface area contributed by atoms with E-state index in [-0.39, 0.29) is 17.4 Å². The molecule has 2 aromatic rings. The van der Waals surface area contributed by atoms with Gasteiger partial charge in [0.15, 0.2) is 17.6 Å². The number of phenols is 2. The molecule has 1 saturated heterocycles. The van der Waals surface area contributed by atoms with E-state index in [0.29, 0.717) is 18.1 Å². The molecule has 0 aliphatic carbocycles. The van der Waals surface area contributed by atoms with Gasteiger partial charge in [-0.2, -0.15) is 0 Å². The first kappa shape index (κ1) is 26.7. The van der Waals surface area contributed by atoms with E-state index in [1.54, 1.807) is 18.2 Å². The second-order valence-electron chi connectivity index (χ2n) is 9.33. The van der Waals surface area contributed by atoms with Crippen LogP contribution in [0.5, 0.6) is 17.2 Å². The van der Waals surface area contributed by atoms with Crippen molar-refractivity contribution in [2.75, 3.05) is 0 Å². The maximum Gasteiger partial charge on any atom is 0.335 e. The average molecular weight is 491 g/mol. The normalized spacial score (nSPS) is 26.2. The largest absolute Gasteiger partial charge is 0.508 e. The van der Waals surface area contributed by atoms with E-state index >= 15 is 0 Å². The van der Waals surface area contributed by atoms with Gasteiger partial charge in [-0.1, -0.05) is 39.0 Å². The predicted octanol–water partition coefficient (Wildman–Crippen LogP) is 1.99. The molecule has 1 fully saturated rings. The molecule has 35 heavy (non-hydrogen) atoms. The highest BCUT2D eigenvalue weighted by Crippen LogP contribution is 2.33. The van der Waals surface area contributed by atoms with Crippen LogP contribution in [0.4, 0.5) is 0 Å². The number of carboxylic acid groups (broad SMARTS) is 1. The zero-order valence-electron chi connectivity index (χ0n) is 20.0. The van der Waals surface area contributed by atoms with Gasteiger partial charge >= 0.3 is 5.97 Å². The van der Waals surface area contributed by atoms with Crippen LogP contribution in [0.15, 0.2) is 36.4 Å². The Labute approximate surface area is 204 Å². The summed E-state index contributed by atoms with van der Waals surface area (Å²) in [4.78, 5) is 11.3. The molecule has 1 aliphatic heterocycles. The molecule has 0 unspecified atom stereocenters. The summed E-state index contributed by atoms with van der Waals surface area (Å²) < 4.78 is 10.7. The van der Waals surface area contributed by atoms with Gasteiger partial charge in [-0.25, -0.2) is 4.79 Å². The fraction of sp³-hybridized carbons (Fsp3) is 0.500. The number of benzene rings is 2. The fourth-order valence-corrected chi connectivity index (χ4v) is 4.25. The summed E-state index contributed by atoms with van der Waals surface area (Å²) >= 11 is 0. The van der Waals surface area contributed by atoms with Gasteiger partial charge in [-0.3, -0.25) is 0 Å². The fourth-order valence-electron chi connectivity index (χ4n) is 4.25. The number of aromatic hydroxyl groups is 2. The molecule has 0 bridgehead atoms. The van der Waals surface area contributed by atoms with Crippen molar-refractivity contribution in [2.24, 2.45) is 11.8 Å². The van der Waals surface area contributed by atoms with Gasteiger partial charge in [-0.05, 0) is 66.0 Å². The Morgan fingerprint density at radius 1 is 0.914 bits per heavy atom. The third kappa shape index (κ3) is 6.24. The summed E-state index contributed by atoms with van der Waals surface area (Å²) in [5, 5.41) is 59.4. The van der Waals surface area contributed by atoms with Gasteiger partial charge in [0.25, 0.3) is 0 Å². The van der Waals surface area contributed by atoms with Gasteiger partial charge < -0.3 is 40.1 Å². The predicted molar refractivity (Wildman–Crippen MR) is 126 cm³/mol. The van der Waals surface area contributed by atoms with Crippen LogP contribution in [0.25, 0.3) is 0 Å². The van der Waals surface area contributed by atoms with Crippen LogP contribution >= 0.6 is 0 Å². The lowest BCUT2D eigenvalue weighted by Gasteiger charge is -2.38. The van der Waals surface area contributed by atoms with Crippen LogP contribution in [0.1, 0.15) is 37.5 Å². The number of hydrogen-bond acceptors (Lipinski definition) is 8. The van der Waals surface area contributed by atoms with Gasteiger partial charge in [0.1, 0.15) is 24.1 Å². The standard InChI is InChI=1S/C26H34O9/c1-4-17-11-15(5-7-18(17)27)9-13(2)14(3)10-16-6-8-19(28)20(12-16)34-26-23(31)21(29)22(30)24(35-26)25(32)33/h5-8,11-14,21-24,26-31H,4,9-10H2,1-3H3,(H,32,33)/t13-,14+,21+,22+,23-,24+,26-/m1/s1. The van der Waals surface area contributed by atoms with Crippen LogP contribution in [0, 0.1) is 11.8 Å². The molecule has 0 spiro atoms. The van der Waals surface area contributed by atoms with Crippen LogP contribution in [0.3, 0.4) is 0 Å². The van der Waals surface area contributed by atoms with E-state index in [1.807, 2.05) is 19.1 Å². The molecule has 9 heteroatoms. The zero-order chi connectivity index (χ0) is 25.9. The van der Waals surface area contributed by atoms with Crippen molar-refractivity contribution in [3.8, 4) is 17.2 Å². The third-order valence-corrected chi connectivity index (χ3v) is 6.69. The SMILES string of the molecule is CCc1cc(C[C@@H](C)[C@@H](C)Cc2ccc(O)c(O[C@@H]3O[C@H](C(=O)O)[C@@H](O)[C@H](O)[C@H]3O)c2)ccc1O. The molecule has 9 nitrogen and oxygen atoms in total. The second-order valence-corrected chi connectivity index (χ2v) is 9.33. The first-order valence-corrected chi connectivity index (χ1v) is 11.7. The molecule has 1 heterocycles. The highest BCUT2D eigenvalue weighted by molar-refractivity contribution is 5.73. The zero-order valence-corrected chi connectivity index (χ0v) is 20.0. The van der Waals surface area contributed by atoms with Crippen molar-refractivity contribution in [1.82, 2.24) is 0 Å². The second kappa shape index (κ2) is 11.3. The maximum atomic E-state index is 11.3. The Morgan fingerprint density at radius 3 is 2.06 bits per heavy atom. The number of carboxylic acids is 1. The molecule has 0 saturated carbocycles. The average Bonchev–Trinajstić information content (AvgIpc) is 2.82. The van der Waals surface area contributed by atoms with E-state index in [9.17, 15) is 35.4 Å². The molecule has 0 radical (unpaired) electrons. The van der Waals surface area contributed by atoms with Gasteiger partial charge in [0.2, 0.25) is 6.29 Å². The van der Waals surface area contributed by atoms with Crippen molar-refractivity contribution in [3.63, 3.8) is 0 Å². The molecular formula is C26H34O9. The number of aliphatic hydroxyl groups is 3. The van der Waals surface area contributed by atoms with Crippen molar-refractivity contribution in [1.29, 1.82) is 0 Å². The first-order chi connectivity index (χ1) is 16.5. The van der Waals surface area contributed by atoms with Gasteiger partial charge in [0, 0.05) is 0 Å². The Balaban J connectivity index is 1.69. The van der Waals surface area contributed by atoms with E-state index in [1.165, 1.54) is 6.07 Å². The van der Waals surface area contributed by atoms with Gasteiger partial charge in [-0.15, -0.1) is 0 Å². The third-order valence-electron chi connectivity index (χ3n) is 6.69. The molecule has 6 N–H and O–H groups in total. The molecular weight excluding hydrogens is 456 g/mol. The van der Waals surface area contributed by atoms with E-state index in [2.05, 4.69) is 13.8 Å². The number of aryl methyl sites for hydroxylation is 1. The minimum absolute atomic E-state index is 0.0368. The lowest BCUT2D eigenvalue weighted by molar-refractivity contribution is -0.271. The number of aliphatic carboxylic acids is 1. The Bertz CT molecular complexity index is 1020. The summed E-state index contributed by atoms with van der Waals surface area (Å²) in [7, 11) is 0. The molecule has 0 aromatic heterocycles. The van der Waals surface area contributed by atoms with E-state index in [4.69, 9.17) is 9.47 Å². The van der Waals surface area contributed by atoms with E-state index in [0.717, 1.165) is 29.5 Å². The topological polar surface area (TPSA) is 157 Å². The van der Waals surface area contributed by atoms with E-state index < -0.39 is 36.7 Å². The quantitative estimate of drug-likeness (QED) is 0.309. The Hall–Kier alpha value is -2.85. The highest BCUT2D eigenvalue weighted by atomic mass is 16.7. The van der Waals surface area contributed by atoms with Gasteiger partial charge in [0.05, 0.1) is 0 Å². The molecule has 7 atom stereocenters. The Morgan fingerprint density at radius 2 is 1.49 bits per heavy atom. The lowest BCUT2D eigenvalue weighted by atomic mass is 9.85. The summed E-state index contributed by atoms with van der Waals surface area (Å²) in [5.74, 6) is -0.941. The van der Waals surface area contributed by atoms with Crippen LogP contribution < -0.4 is 4.74 Å². The summed E-state index contributed by atoms with van der Waals surface area (Å²) in [6.07, 6.45) is -6.50. The Kier molecular flexibility index (Phi) is 8.60. The summed E-state index contributed by atoms with van der Waals surface area (Å²) in [6.45, 7) is 6.26. The number of hydrogen-bond donors (Lipinski definition) is 6. The number of phenolic OH excluding ortho intramolecular Hbond substituents is 2. The molecule has 3 rings (SSSR count). The number of ether oxygens (including phenoxy) is 2. The highest BCUT2D eigenvalue weighted by Gasteiger charge is 2.48. The monoisotopic (exact) mass is 490 g/mol. The summed E-state index contributed by atoms with van der Waals surface area (Å²) in [5.41, 5.74) is 2.90. The molecule has 0 amide bonds. The molecule has 1 aliphatic rings. The smallest absolute Gasteiger partial charge is 0.335 e. The first-order valence-electron chi connectivity index (χ1n) is 11.7. The lowest BCUT2D eigenvalue weighted by Crippen LogP contribution is -2.61. The summed E-state index contributed by atoms with van der Waals surface area (Å²) in [6, 6.07) is 10.4. The van der Waals surface area contributed by atoms with Crippen molar-refractivity contribution in [2.45, 2.75) is 70.7 Å². The number of aliphatic hydroxyl groups excluding tert-OH is 3. The molecule has 2 aromatic carbocycles. The van der Waals surface area contributed by atoms with Crippen molar-refractivity contribution < 1.29 is 44.9 Å².